The summed E-state index contributed by atoms with van der Waals surface area (Å²) >= 11 is 0. The van der Waals surface area contributed by atoms with Gasteiger partial charge in [-0.15, -0.1) is 0 Å². The number of hydrogen-bond donors (Lipinski definition) is 1. The van der Waals surface area contributed by atoms with Crippen LogP contribution in [0.2, 0.25) is 0 Å². The molecule has 3 rings (SSSR count). The van der Waals surface area contributed by atoms with Crippen LogP contribution in [0.25, 0.3) is 0 Å². The molecule has 5 nitrogen and oxygen atoms in total. The van der Waals surface area contributed by atoms with E-state index in [0.717, 1.165) is 18.5 Å². The summed E-state index contributed by atoms with van der Waals surface area (Å²) in [5, 5.41) is 3.05. The fourth-order valence-corrected chi connectivity index (χ4v) is 3.91. The summed E-state index contributed by atoms with van der Waals surface area (Å²) in [4.78, 5) is 29.0. The number of hydrogen-bond acceptors (Lipinski definition) is 3. The van der Waals surface area contributed by atoms with E-state index in [1.54, 1.807) is 4.90 Å². The van der Waals surface area contributed by atoms with Crippen LogP contribution < -0.4 is 5.32 Å². The average Bonchev–Trinajstić information content (AvgIpc) is 3.02. The highest BCUT2D eigenvalue weighted by molar-refractivity contribution is 5.90. The predicted octanol–water partition coefficient (Wildman–Crippen LogP) is 2.48. The van der Waals surface area contributed by atoms with Gasteiger partial charge >= 0.3 is 0 Å². The van der Waals surface area contributed by atoms with Gasteiger partial charge in [0.05, 0.1) is 0 Å². The van der Waals surface area contributed by atoms with Crippen LogP contribution in [0, 0.1) is 6.92 Å². The van der Waals surface area contributed by atoms with E-state index in [1.165, 1.54) is 37.9 Å². The molecule has 2 aliphatic rings. The second kappa shape index (κ2) is 9.17. The third kappa shape index (κ3) is 5.07. The van der Waals surface area contributed by atoms with Gasteiger partial charge in [0.25, 0.3) is 0 Å². The zero-order valence-corrected chi connectivity index (χ0v) is 15.9. The molecule has 1 atom stereocenters. The van der Waals surface area contributed by atoms with Crippen molar-refractivity contribution in [2.75, 3.05) is 26.2 Å². The van der Waals surface area contributed by atoms with Crippen molar-refractivity contribution in [3.63, 3.8) is 0 Å². The number of carbonyl (C=O) groups excluding carboxylic acids is 2. The van der Waals surface area contributed by atoms with Crippen molar-refractivity contribution in [2.45, 2.75) is 58.0 Å². The molecule has 0 radical (unpaired) electrons. The van der Waals surface area contributed by atoms with E-state index in [4.69, 9.17) is 0 Å². The zero-order valence-electron chi connectivity index (χ0n) is 15.9. The Balaban J connectivity index is 1.45. The van der Waals surface area contributed by atoms with Crippen molar-refractivity contribution in [3.8, 4) is 0 Å². The minimum Gasteiger partial charge on any atom is -0.354 e. The van der Waals surface area contributed by atoms with Gasteiger partial charge in [0.15, 0.2) is 0 Å². The van der Waals surface area contributed by atoms with Crippen LogP contribution in [0.15, 0.2) is 24.3 Å². The Morgan fingerprint density at radius 3 is 2.62 bits per heavy atom. The molecule has 142 valence electrons. The molecule has 26 heavy (non-hydrogen) atoms. The van der Waals surface area contributed by atoms with E-state index in [2.05, 4.69) is 10.2 Å². The van der Waals surface area contributed by atoms with Crippen LogP contribution in [0.5, 0.6) is 0 Å². The lowest BCUT2D eigenvalue weighted by Crippen LogP contribution is -2.45. The average molecular weight is 357 g/mol. The smallest absolute Gasteiger partial charge is 0.242 e. The van der Waals surface area contributed by atoms with Crippen LogP contribution in [0.3, 0.4) is 0 Å². The number of rotatable bonds is 7. The second-order valence-electron chi connectivity index (χ2n) is 7.61. The number of piperidine rings is 1. The second-order valence-corrected chi connectivity index (χ2v) is 7.61. The standard InChI is InChI=1S/C21H31N3O2/c1-17-6-8-18(9-7-17)16-24-19(10-11-20(24)25)21(26)22-12-5-15-23-13-3-2-4-14-23/h6-9,19H,2-5,10-16H2,1H3,(H,22,26)/t19-/m1/s1. The Labute approximate surface area is 156 Å². The molecule has 2 saturated heterocycles. The molecular weight excluding hydrogens is 326 g/mol. The molecule has 0 saturated carbocycles. The quantitative estimate of drug-likeness (QED) is 0.763. The Morgan fingerprint density at radius 2 is 1.88 bits per heavy atom. The Bertz CT molecular complexity index is 608. The van der Waals surface area contributed by atoms with Crippen LogP contribution in [0.4, 0.5) is 0 Å². The predicted molar refractivity (Wildman–Crippen MR) is 103 cm³/mol. The lowest BCUT2D eigenvalue weighted by atomic mass is 10.1. The molecule has 5 heteroatoms. The molecule has 1 N–H and O–H groups in total. The van der Waals surface area contributed by atoms with Crippen LogP contribution in [0.1, 0.15) is 49.7 Å². The molecule has 2 heterocycles. The van der Waals surface area contributed by atoms with Crippen molar-refractivity contribution in [1.82, 2.24) is 15.1 Å². The molecule has 0 spiro atoms. The molecule has 1 aromatic carbocycles. The number of nitrogens with zero attached hydrogens (tertiary/aromatic N) is 2. The molecular formula is C21H31N3O2. The maximum atomic E-state index is 12.6. The van der Waals surface area contributed by atoms with E-state index >= 15 is 0 Å². The molecule has 1 aromatic rings. The number of aryl methyl sites for hydroxylation is 1. The molecule has 0 bridgehead atoms. The van der Waals surface area contributed by atoms with Crippen molar-refractivity contribution >= 4 is 11.8 Å². The molecule has 2 amide bonds. The van der Waals surface area contributed by atoms with Crippen LogP contribution in [-0.2, 0) is 16.1 Å². The maximum Gasteiger partial charge on any atom is 0.242 e. The fourth-order valence-electron chi connectivity index (χ4n) is 3.91. The van der Waals surface area contributed by atoms with Gasteiger partial charge in [-0.1, -0.05) is 36.2 Å². The van der Waals surface area contributed by atoms with Gasteiger partial charge in [-0.3, -0.25) is 9.59 Å². The number of nitrogens with one attached hydrogen (secondary N) is 1. The van der Waals surface area contributed by atoms with Gasteiger partial charge in [-0.05, 0) is 57.8 Å². The minimum absolute atomic E-state index is 0.00149. The Morgan fingerprint density at radius 1 is 1.15 bits per heavy atom. The summed E-state index contributed by atoms with van der Waals surface area (Å²) in [6, 6.07) is 7.85. The first-order valence-corrected chi connectivity index (χ1v) is 9.98. The van der Waals surface area contributed by atoms with Gasteiger partial charge in [-0.25, -0.2) is 0 Å². The Hall–Kier alpha value is -1.88. The van der Waals surface area contributed by atoms with E-state index < -0.39 is 0 Å². The van der Waals surface area contributed by atoms with Gasteiger partial charge in [-0.2, -0.15) is 0 Å². The lowest BCUT2D eigenvalue weighted by molar-refractivity contribution is -0.135. The molecule has 0 aromatic heterocycles. The van der Waals surface area contributed by atoms with Gasteiger partial charge in [0.2, 0.25) is 11.8 Å². The maximum absolute atomic E-state index is 12.6. The minimum atomic E-state index is -0.321. The third-order valence-corrected chi connectivity index (χ3v) is 5.50. The van der Waals surface area contributed by atoms with E-state index in [9.17, 15) is 9.59 Å². The van der Waals surface area contributed by atoms with Crippen molar-refractivity contribution < 1.29 is 9.59 Å². The van der Waals surface area contributed by atoms with Crippen molar-refractivity contribution in [3.05, 3.63) is 35.4 Å². The highest BCUT2D eigenvalue weighted by atomic mass is 16.2. The first kappa shape index (κ1) is 18.9. The molecule has 0 unspecified atom stereocenters. The monoisotopic (exact) mass is 357 g/mol. The van der Waals surface area contributed by atoms with Gasteiger partial charge < -0.3 is 15.1 Å². The van der Waals surface area contributed by atoms with Gasteiger partial charge in [0, 0.05) is 19.5 Å². The van der Waals surface area contributed by atoms with E-state index in [-0.39, 0.29) is 17.9 Å². The SMILES string of the molecule is Cc1ccc(CN2C(=O)CC[C@@H]2C(=O)NCCCN2CCCCC2)cc1. The van der Waals surface area contributed by atoms with Crippen molar-refractivity contribution in [1.29, 1.82) is 0 Å². The number of likely N-dealkylation sites (tertiary alicyclic amines) is 2. The van der Waals surface area contributed by atoms with Gasteiger partial charge in [0.1, 0.15) is 6.04 Å². The summed E-state index contributed by atoms with van der Waals surface area (Å²) in [5.74, 6) is 0.0839. The first-order valence-electron chi connectivity index (χ1n) is 9.98. The third-order valence-electron chi connectivity index (χ3n) is 5.50. The highest BCUT2D eigenvalue weighted by Gasteiger charge is 2.35. The fraction of sp³-hybridized carbons (Fsp3) is 0.619. The molecule has 0 aliphatic carbocycles. The summed E-state index contributed by atoms with van der Waals surface area (Å²) in [7, 11) is 0. The lowest BCUT2D eigenvalue weighted by Gasteiger charge is -2.27. The highest BCUT2D eigenvalue weighted by Crippen LogP contribution is 2.22. The summed E-state index contributed by atoms with van der Waals surface area (Å²) in [5.41, 5.74) is 2.28. The van der Waals surface area contributed by atoms with Crippen LogP contribution in [-0.4, -0.2) is 53.8 Å². The normalized spacial score (nSPS) is 21.2. The summed E-state index contributed by atoms with van der Waals surface area (Å²) in [6.07, 6.45) is 6.01. The summed E-state index contributed by atoms with van der Waals surface area (Å²) in [6.45, 7) is 6.69. The largest absolute Gasteiger partial charge is 0.354 e. The van der Waals surface area contributed by atoms with Crippen molar-refractivity contribution in [2.24, 2.45) is 0 Å². The molecule has 2 aliphatic heterocycles. The molecule has 2 fully saturated rings. The Kier molecular flexibility index (Phi) is 6.67. The number of carbonyl (C=O) groups is 2. The van der Waals surface area contributed by atoms with E-state index in [0.29, 0.717) is 25.9 Å². The topological polar surface area (TPSA) is 52.7 Å². The zero-order chi connectivity index (χ0) is 18.4. The van der Waals surface area contributed by atoms with E-state index in [1.807, 2.05) is 31.2 Å². The van der Waals surface area contributed by atoms with Crippen LogP contribution >= 0.6 is 0 Å². The number of benzene rings is 1. The number of amides is 2. The summed E-state index contributed by atoms with van der Waals surface area (Å²) < 4.78 is 0. The first-order chi connectivity index (χ1) is 12.6.